The zero-order valence-corrected chi connectivity index (χ0v) is 13.2. The molecule has 0 unspecified atom stereocenters. The highest BCUT2D eigenvalue weighted by Crippen LogP contribution is 2.31. The Morgan fingerprint density at radius 3 is 2.91 bits per heavy atom. The van der Waals surface area contributed by atoms with Crippen molar-refractivity contribution in [2.75, 3.05) is 17.6 Å². The van der Waals surface area contributed by atoms with Crippen molar-refractivity contribution in [1.29, 1.82) is 0 Å². The summed E-state index contributed by atoms with van der Waals surface area (Å²) in [6, 6.07) is 5.91. The van der Waals surface area contributed by atoms with E-state index in [0.29, 0.717) is 30.9 Å². The predicted molar refractivity (Wildman–Crippen MR) is 87.3 cm³/mol. The van der Waals surface area contributed by atoms with Crippen LogP contribution in [0.2, 0.25) is 0 Å². The average molecular weight is 332 g/mol. The van der Waals surface area contributed by atoms with Gasteiger partial charge in [0.15, 0.2) is 0 Å². The predicted octanol–water partition coefficient (Wildman–Crippen LogP) is 0.655. The van der Waals surface area contributed by atoms with Gasteiger partial charge in [0.25, 0.3) is 5.91 Å². The smallest absolute Gasteiger partial charge is 0.267 e. The minimum absolute atomic E-state index is 0.00492. The van der Waals surface area contributed by atoms with E-state index < -0.39 is 0 Å². The minimum Gasteiger partial charge on any atom is -0.351 e. The van der Waals surface area contributed by atoms with Crippen LogP contribution in [0.1, 0.15) is 18.4 Å². The Kier molecular flexibility index (Phi) is 4.61. The molecule has 8 heteroatoms. The number of rotatable bonds is 4. The summed E-state index contributed by atoms with van der Waals surface area (Å²) in [7, 11) is 0. The zero-order valence-electron chi connectivity index (χ0n) is 12.3. The Morgan fingerprint density at radius 2 is 2.13 bits per heavy atom. The van der Waals surface area contributed by atoms with Crippen LogP contribution < -0.4 is 16.1 Å². The molecule has 3 rings (SSSR count). The molecule has 0 saturated heterocycles. The summed E-state index contributed by atoms with van der Waals surface area (Å²) >= 11 is 1.52. The Labute approximate surface area is 137 Å². The number of carbonyl (C=O) groups is 3. The van der Waals surface area contributed by atoms with Crippen molar-refractivity contribution in [2.24, 2.45) is 5.10 Å². The van der Waals surface area contributed by atoms with Crippen LogP contribution in [0.15, 0.2) is 28.2 Å². The first-order chi connectivity index (χ1) is 11.1. The minimum atomic E-state index is -0.258. The van der Waals surface area contributed by atoms with Crippen molar-refractivity contribution in [2.45, 2.75) is 24.2 Å². The summed E-state index contributed by atoms with van der Waals surface area (Å²) in [5.74, 6) is 0.0220. The molecule has 0 bridgehead atoms. The number of hydrogen-bond acceptors (Lipinski definition) is 5. The third kappa shape index (κ3) is 3.89. The average Bonchev–Trinajstić information content (AvgIpc) is 2.55. The molecular weight excluding hydrogens is 316 g/mol. The maximum Gasteiger partial charge on any atom is 0.267 e. The third-order valence-corrected chi connectivity index (χ3v) is 4.62. The van der Waals surface area contributed by atoms with E-state index in [4.69, 9.17) is 0 Å². The fourth-order valence-corrected chi connectivity index (χ4v) is 3.13. The van der Waals surface area contributed by atoms with Crippen LogP contribution >= 0.6 is 11.8 Å². The summed E-state index contributed by atoms with van der Waals surface area (Å²) < 4.78 is 0. The highest BCUT2D eigenvalue weighted by atomic mass is 32.2. The number of amides is 3. The molecule has 2 aliphatic rings. The molecular formula is C15H16N4O3S. The van der Waals surface area contributed by atoms with Crippen LogP contribution in [-0.2, 0) is 20.8 Å². The van der Waals surface area contributed by atoms with Crippen LogP contribution in [0.5, 0.6) is 0 Å². The summed E-state index contributed by atoms with van der Waals surface area (Å²) in [5.41, 5.74) is 4.51. The molecule has 3 amide bonds. The van der Waals surface area contributed by atoms with E-state index in [1.807, 2.05) is 18.2 Å². The second-order valence-corrected chi connectivity index (χ2v) is 6.28. The summed E-state index contributed by atoms with van der Waals surface area (Å²) in [5, 5.41) is 9.40. The number of thioether (sulfide) groups is 1. The van der Waals surface area contributed by atoms with Crippen molar-refractivity contribution >= 4 is 40.9 Å². The number of fused-ring (bicyclic) bond motifs is 1. The third-order valence-electron chi connectivity index (χ3n) is 3.54. The molecule has 7 nitrogen and oxygen atoms in total. The van der Waals surface area contributed by atoms with Crippen LogP contribution in [0.25, 0.3) is 0 Å². The van der Waals surface area contributed by atoms with E-state index in [9.17, 15) is 14.4 Å². The van der Waals surface area contributed by atoms with E-state index >= 15 is 0 Å². The number of carbonyl (C=O) groups excluding carboxylic acids is 3. The van der Waals surface area contributed by atoms with E-state index in [-0.39, 0.29) is 24.1 Å². The number of hydrazone groups is 1. The standard InChI is InChI=1S/C15H16N4O3S/c20-13-4-2-10(18-19-13)15(22)16-6-5-9-1-3-12-11(7-9)17-14(21)8-23-12/h1,3,7H,2,4-6,8H2,(H,16,22)(H,17,21)(H,19,20). The van der Waals surface area contributed by atoms with Crippen molar-refractivity contribution < 1.29 is 14.4 Å². The van der Waals surface area contributed by atoms with Crippen LogP contribution in [0, 0.1) is 0 Å². The molecule has 0 spiro atoms. The van der Waals surface area contributed by atoms with Gasteiger partial charge in [0.1, 0.15) is 5.71 Å². The first-order valence-corrected chi connectivity index (χ1v) is 8.29. The quantitative estimate of drug-likeness (QED) is 0.754. The highest BCUT2D eigenvalue weighted by molar-refractivity contribution is 8.00. The van der Waals surface area contributed by atoms with Crippen molar-refractivity contribution in [1.82, 2.24) is 10.7 Å². The summed E-state index contributed by atoms with van der Waals surface area (Å²) in [4.78, 5) is 35.4. The van der Waals surface area contributed by atoms with Gasteiger partial charge in [-0.05, 0) is 24.1 Å². The van der Waals surface area contributed by atoms with Crippen LogP contribution in [0.4, 0.5) is 5.69 Å². The lowest BCUT2D eigenvalue weighted by molar-refractivity contribution is -0.121. The molecule has 1 aromatic carbocycles. The number of hydrogen-bond donors (Lipinski definition) is 3. The lowest BCUT2D eigenvalue weighted by Gasteiger charge is -2.17. The van der Waals surface area contributed by atoms with E-state index in [2.05, 4.69) is 21.2 Å². The molecule has 0 aromatic heterocycles. The Bertz CT molecular complexity index is 702. The van der Waals surface area contributed by atoms with Gasteiger partial charge in [-0.15, -0.1) is 11.8 Å². The summed E-state index contributed by atoms with van der Waals surface area (Å²) in [6.07, 6.45) is 1.30. The van der Waals surface area contributed by atoms with E-state index in [1.165, 1.54) is 11.8 Å². The van der Waals surface area contributed by atoms with Crippen molar-refractivity contribution in [3.63, 3.8) is 0 Å². The lowest BCUT2D eigenvalue weighted by Crippen LogP contribution is -2.37. The second-order valence-electron chi connectivity index (χ2n) is 5.27. The molecule has 2 heterocycles. The van der Waals surface area contributed by atoms with Gasteiger partial charge in [0.2, 0.25) is 11.8 Å². The fraction of sp³-hybridized carbons (Fsp3) is 0.333. The normalized spacial score (nSPS) is 16.8. The van der Waals surface area contributed by atoms with Gasteiger partial charge in [-0.2, -0.15) is 5.10 Å². The number of benzene rings is 1. The van der Waals surface area contributed by atoms with Gasteiger partial charge >= 0.3 is 0 Å². The molecule has 0 atom stereocenters. The zero-order chi connectivity index (χ0) is 16.2. The van der Waals surface area contributed by atoms with Gasteiger partial charge in [0.05, 0.1) is 11.4 Å². The summed E-state index contributed by atoms with van der Waals surface area (Å²) in [6.45, 7) is 0.464. The fourth-order valence-electron chi connectivity index (χ4n) is 2.35. The van der Waals surface area contributed by atoms with E-state index in [0.717, 1.165) is 16.1 Å². The molecule has 0 fully saturated rings. The first-order valence-electron chi connectivity index (χ1n) is 7.31. The molecule has 3 N–H and O–H groups in total. The Morgan fingerprint density at radius 1 is 1.26 bits per heavy atom. The number of nitrogens with one attached hydrogen (secondary N) is 3. The van der Waals surface area contributed by atoms with Gasteiger partial charge in [-0.25, -0.2) is 5.43 Å². The maximum absolute atomic E-state index is 11.9. The number of anilines is 1. The largest absolute Gasteiger partial charge is 0.351 e. The molecule has 0 aliphatic carbocycles. The van der Waals surface area contributed by atoms with Crippen molar-refractivity contribution in [3.8, 4) is 0 Å². The van der Waals surface area contributed by atoms with Crippen LogP contribution in [0.3, 0.4) is 0 Å². The molecule has 120 valence electrons. The SMILES string of the molecule is O=C1CCC(C(=O)NCCc2ccc3c(c2)NC(=O)CS3)=NN1. The topological polar surface area (TPSA) is 99.7 Å². The Balaban J connectivity index is 1.53. The molecule has 0 saturated carbocycles. The number of nitrogens with zero attached hydrogens (tertiary/aromatic N) is 1. The molecule has 0 radical (unpaired) electrons. The lowest BCUT2D eigenvalue weighted by atomic mass is 10.1. The Hall–Kier alpha value is -2.35. The van der Waals surface area contributed by atoms with Crippen molar-refractivity contribution in [3.05, 3.63) is 23.8 Å². The first kappa shape index (κ1) is 15.5. The molecule has 2 aliphatic heterocycles. The van der Waals surface area contributed by atoms with Crippen LogP contribution in [-0.4, -0.2) is 35.7 Å². The van der Waals surface area contributed by atoms with E-state index in [1.54, 1.807) is 0 Å². The molecule has 1 aromatic rings. The van der Waals surface area contributed by atoms with Gasteiger partial charge < -0.3 is 10.6 Å². The van der Waals surface area contributed by atoms with Gasteiger partial charge in [-0.3, -0.25) is 14.4 Å². The second kappa shape index (κ2) is 6.82. The van der Waals surface area contributed by atoms with Gasteiger partial charge in [0, 0.05) is 24.3 Å². The molecule has 23 heavy (non-hydrogen) atoms. The van der Waals surface area contributed by atoms with Gasteiger partial charge in [-0.1, -0.05) is 6.07 Å². The monoisotopic (exact) mass is 332 g/mol. The highest BCUT2D eigenvalue weighted by Gasteiger charge is 2.18. The maximum atomic E-state index is 11.9.